The summed E-state index contributed by atoms with van der Waals surface area (Å²) in [5, 5.41) is -1.02. The van der Waals surface area contributed by atoms with Crippen molar-refractivity contribution in [3.05, 3.63) is 59.7 Å². The molecule has 1 heterocycles. The Hall–Kier alpha value is -2.08. The number of amides is 1. The zero-order valence-electron chi connectivity index (χ0n) is 18.5. The smallest absolute Gasteiger partial charge is 0.232 e. The predicted molar refractivity (Wildman–Crippen MR) is 128 cm³/mol. The summed E-state index contributed by atoms with van der Waals surface area (Å²) in [7, 11) is 0. The summed E-state index contributed by atoms with van der Waals surface area (Å²) in [6, 6.07) is 15.1. The zero-order chi connectivity index (χ0) is 23.2. The number of aryl methyl sites for hydroxylation is 1. The van der Waals surface area contributed by atoms with Crippen LogP contribution < -0.4 is 10.5 Å². The van der Waals surface area contributed by atoms with E-state index in [9.17, 15) is 14.2 Å². The summed E-state index contributed by atoms with van der Waals surface area (Å²) in [4.78, 5) is 24.5. The quantitative estimate of drug-likeness (QED) is 0.297. The third kappa shape index (κ3) is 5.83. The van der Waals surface area contributed by atoms with E-state index in [-0.39, 0.29) is 5.78 Å². The second kappa shape index (κ2) is 10.7. The number of carbonyl (C=O) groups is 2. The molecule has 1 fully saturated rings. The van der Waals surface area contributed by atoms with Gasteiger partial charge in [-0.25, -0.2) is 0 Å². The first kappa shape index (κ1) is 24.6. The molecule has 2 aromatic carbocycles. The lowest BCUT2D eigenvalue weighted by Crippen LogP contribution is -2.47. The lowest BCUT2D eigenvalue weighted by Gasteiger charge is -2.38. The van der Waals surface area contributed by atoms with Gasteiger partial charge in [-0.05, 0) is 75.2 Å². The SMILES string of the molecule is CC(=O)c1cccc(CCCOc2ccc(SP(C)(=O)C3(C(N)=O)CCOCC3)cc2)c1. The van der Waals surface area contributed by atoms with Gasteiger partial charge in [0.1, 0.15) is 10.9 Å². The number of carbonyl (C=O) groups excluding carboxylic acids is 2. The van der Waals surface area contributed by atoms with Gasteiger partial charge in [0.2, 0.25) is 5.91 Å². The van der Waals surface area contributed by atoms with Crippen LogP contribution in [0.4, 0.5) is 0 Å². The topological polar surface area (TPSA) is 95.7 Å². The standard InChI is InChI=1S/C24H30NO5PS/c1-18(26)20-7-3-5-19(17-20)6-4-14-30-21-8-10-22(11-9-21)32-31(2,28)24(23(25)27)12-15-29-16-13-24/h3,5,7-11,17H,4,6,12-16H2,1-2H3,(H2,25,27). The van der Waals surface area contributed by atoms with Crippen LogP contribution in [0, 0.1) is 0 Å². The van der Waals surface area contributed by atoms with Crippen molar-refractivity contribution in [2.75, 3.05) is 26.5 Å². The van der Waals surface area contributed by atoms with Crippen LogP contribution in [-0.2, 0) is 20.5 Å². The van der Waals surface area contributed by atoms with Crippen LogP contribution in [0.15, 0.2) is 53.4 Å². The molecule has 0 aliphatic carbocycles. The number of hydrogen-bond donors (Lipinski definition) is 1. The van der Waals surface area contributed by atoms with Gasteiger partial charge in [0.05, 0.1) is 6.61 Å². The van der Waals surface area contributed by atoms with Crippen molar-refractivity contribution in [1.29, 1.82) is 0 Å². The Bertz CT molecular complexity index is 1000. The summed E-state index contributed by atoms with van der Waals surface area (Å²) in [6.45, 7) is 4.56. The average Bonchev–Trinajstić information content (AvgIpc) is 2.78. The Morgan fingerprint density at radius 1 is 1.16 bits per heavy atom. The third-order valence-corrected chi connectivity index (χ3v) is 11.7. The van der Waals surface area contributed by atoms with Gasteiger partial charge in [-0.3, -0.25) is 9.59 Å². The van der Waals surface area contributed by atoms with E-state index in [2.05, 4.69) is 0 Å². The molecule has 1 unspecified atom stereocenters. The molecule has 32 heavy (non-hydrogen) atoms. The number of primary amides is 1. The van der Waals surface area contributed by atoms with Gasteiger partial charge in [-0.1, -0.05) is 29.6 Å². The van der Waals surface area contributed by atoms with Crippen LogP contribution in [0.3, 0.4) is 0 Å². The van der Waals surface area contributed by atoms with Crippen LogP contribution in [-0.4, -0.2) is 43.3 Å². The van der Waals surface area contributed by atoms with Crippen LogP contribution in [0.2, 0.25) is 0 Å². The monoisotopic (exact) mass is 475 g/mol. The predicted octanol–water partition coefficient (Wildman–Crippen LogP) is 4.94. The molecule has 1 aliphatic heterocycles. The number of ketones is 1. The van der Waals surface area contributed by atoms with Crippen LogP contribution in [0.25, 0.3) is 0 Å². The molecule has 8 heteroatoms. The highest BCUT2D eigenvalue weighted by molar-refractivity contribution is 8.58. The number of ether oxygens (including phenoxy) is 2. The fraction of sp³-hybridized carbons (Fsp3) is 0.417. The second-order valence-corrected chi connectivity index (χ2v) is 14.0. The molecule has 6 nitrogen and oxygen atoms in total. The van der Waals surface area contributed by atoms with Crippen molar-refractivity contribution >= 4 is 29.4 Å². The molecule has 0 spiro atoms. The molecule has 2 aromatic rings. The third-order valence-electron chi connectivity index (χ3n) is 5.87. The molecule has 1 amide bonds. The largest absolute Gasteiger partial charge is 0.494 e. The summed E-state index contributed by atoms with van der Waals surface area (Å²) in [6.07, 6.45) is -0.538. The number of hydrogen-bond acceptors (Lipinski definition) is 6. The van der Waals surface area contributed by atoms with Gasteiger partial charge in [0.25, 0.3) is 0 Å². The molecule has 0 aromatic heterocycles. The fourth-order valence-corrected chi connectivity index (χ4v) is 9.00. The number of rotatable bonds is 10. The van der Waals surface area contributed by atoms with Gasteiger partial charge >= 0.3 is 0 Å². The van der Waals surface area contributed by atoms with E-state index in [0.717, 1.165) is 34.6 Å². The van der Waals surface area contributed by atoms with Crippen molar-refractivity contribution in [3.8, 4) is 5.75 Å². The van der Waals surface area contributed by atoms with Gasteiger partial charge in [-0.15, -0.1) is 0 Å². The van der Waals surface area contributed by atoms with Crippen LogP contribution in [0.5, 0.6) is 5.75 Å². The first-order chi connectivity index (χ1) is 15.2. The first-order valence-corrected chi connectivity index (χ1v) is 14.3. The second-order valence-electron chi connectivity index (χ2n) is 8.13. The van der Waals surface area contributed by atoms with Crippen LogP contribution in [0.1, 0.15) is 42.1 Å². The Labute approximate surface area is 193 Å². The molecule has 3 rings (SSSR count). The van der Waals surface area contributed by atoms with Gasteiger partial charge < -0.3 is 19.8 Å². The highest BCUT2D eigenvalue weighted by atomic mass is 32.7. The van der Waals surface area contributed by atoms with Crippen molar-refractivity contribution in [2.45, 2.75) is 42.7 Å². The maximum atomic E-state index is 13.6. The minimum Gasteiger partial charge on any atom is -0.494 e. The van der Waals surface area contributed by atoms with Gasteiger partial charge in [0, 0.05) is 23.7 Å². The number of benzene rings is 2. The molecule has 0 radical (unpaired) electrons. The van der Waals surface area contributed by atoms with E-state index in [1.807, 2.05) is 48.5 Å². The van der Waals surface area contributed by atoms with Crippen molar-refractivity contribution in [2.24, 2.45) is 5.73 Å². The lowest BCUT2D eigenvalue weighted by molar-refractivity contribution is -0.122. The van der Waals surface area contributed by atoms with E-state index in [4.69, 9.17) is 15.2 Å². The fourth-order valence-electron chi connectivity index (χ4n) is 3.86. The maximum absolute atomic E-state index is 13.6. The first-order valence-electron chi connectivity index (χ1n) is 10.7. The molecular weight excluding hydrogens is 445 g/mol. The van der Waals surface area contributed by atoms with Crippen LogP contribution >= 0.6 is 17.7 Å². The average molecular weight is 476 g/mol. The highest BCUT2D eigenvalue weighted by Gasteiger charge is 2.51. The molecule has 0 bridgehead atoms. The molecular formula is C24H30NO5PS. The Kier molecular flexibility index (Phi) is 8.21. The summed E-state index contributed by atoms with van der Waals surface area (Å²) in [5.74, 6) is 0.289. The normalized spacial score (nSPS) is 17.3. The number of nitrogens with two attached hydrogens (primary N) is 1. The zero-order valence-corrected chi connectivity index (χ0v) is 20.3. The highest BCUT2D eigenvalue weighted by Crippen LogP contribution is 2.70. The molecule has 1 aliphatic rings. The van der Waals surface area contributed by atoms with E-state index < -0.39 is 17.4 Å². The minimum absolute atomic E-state index is 0.0660. The molecule has 2 N–H and O–H groups in total. The Morgan fingerprint density at radius 2 is 1.84 bits per heavy atom. The van der Waals surface area contributed by atoms with E-state index in [0.29, 0.717) is 32.7 Å². The molecule has 172 valence electrons. The molecule has 0 saturated carbocycles. The van der Waals surface area contributed by atoms with Gasteiger partial charge in [-0.2, -0.15) is 0 Å². The Balaban J connectivity index is 1.53. The summed E-state index contributed by atoms with van der Waals surface area (Å²) < 4.78 is 24.7. The number of Topliss-reactive ketones (excluding diaryl/α,β-unsaturated/α-hetero) is 1. The Morgan fingerprint density at radius 3 is 2.47 bits per heavy atom. The van der Waals surface area contributed by atoms with E-state index in [1.165, 1.54) is 11.4 Å². The lowest BCUT2D eigenvalue weighted by atomic mass is 9.98. The van der Waals surface area contributed by atoms with Crippen molar-refractivity contribution in [3.63, 3.8) is 0 Å². The van der Waals surface area contributed by atoms with E-state index >= 15 is 0 Å². The van der Waals surface area contributed by atoms with Crippen molar-refractivity contribution in [1.82, 2.24) is 0 Å². The summed E-state index contributed by atoms with van der Waals surface area (Å²) in [5.41, 5.74) is 7.52. The minimum atomic E-state index is -2.97. The summed E-state index contributed by atoms with van der Waals surface area (Å²) >= 11 is 1.23. The van der Waals surface area contributed by atoms with E-state index in [1.54, 1.807) is 13.6 Å². The van der Waals surface area contributed by atoms with Crippen molar-refractivity contribution < 1.29 is 23.6 Å². The van der Waals surface area contributed by atoms with Gasteiger partial charge in [0.15, 0.2) is 12.1 Å². The maximum Gasteiger partial charge on any atom is 0.232 e. The molecule has 1 atom stereocenters. The molecule has 1 saturated heterocycles.